The highest BCUT2D eigenvalue weighted by atomic mass is 35.5. The van der Waals surface area contributed by atoms with Crippen LogP contribution in [-0.2, 0) is 19.6 Å². The van der Waals surface area contributed by atoms with Gasteiger partial charge in [-0.25, -0.2) is 12.7 Å². The number of nitrogens with one attached hydrogen (secondary N) is 2. The van der Waals surface area contributed by atoms with Gasteiger partial charge in [-0.1, -0.05) is 11.6 Å². The first-order chi connectivity index (χ1) is 11.2. The minimum atomic E-state index is -3.20. The number of hydrogen-bond acceptors (Lipinski definition) is 4. The molecule has 1 aromatic carbocycles. The summed E-state index contributed by atoms with van der Waals surface area (Å²) >= 11 is 6.07. The van der Waals surface area contributed by atoms with E-state index in [1.165, 1.54) is 17.5 Å². The first-order valence-electron chi connectivity index (χ1n) is 7.50. The summed E-state index contributed by atoms with van der Waals surface area (Å²) in [6.07, 6.45) is 2.14. The highest BCUT2D eigenvalue weighted by molar-refractivity contribution is 7.88. The standard InChI is InChI=1S/C15H20ClN3O4S/c1-10(20)17-14-4-3-12(9-13(14)16)18-15(21)11-5-7-19(8-6-11)24(2,22)23/h3-4,9,11H,5-8H2,1-2H3,(H,17,20)(H,18,21). The van der Waals surface area contributed by atoms with Crippen molar-refractivity contribution in [3.8, 4) is 0 Å². The number of halogens is 1. The van der Waals surface area contributed by atoms with E-state index >= 15 is 0 Å². The van der Waals surface area contributed by atoms with Gasteiger partial charge in [-0.2, -0.15) is 0 Å². The van der Waals surface area contributed by atoms with Gasteiger partial charge in [0.2, 0.25) is 21.8 Å². The van der Waals surface area contributed by atoms with Gasteiger partial charge in [0, 0.05) is 31.6 Å². The second-order valence-electron chi connectivity index (χ2n) is 5.80. The molecule has 0 unspecified atom stereocenters. The molecule has 2 N–H and O–H groups in total. The molecule has 1 fully saturated rings. The van der Waals surface area contributed by atoms with Crippen LogP contribution in [0.1, 0.15) is 19.8 Å². The number of anilines is 2. The molecule has 0 saturated carbocycles. The molecule has 24 heavy (non-hydrogen) atoms. The third-order valence-corrected chi connectivity index (χ3v) is 5.46. The maximum atomic E-state index is 12.3. The molecular weight excluding hydrogens is 354 g/mol. The summed E-state index contributed by atoms with van der Waals surface area (Å²) in [5, 5.41) is 5.70. The van der Waals surface area contributed by atoms with Gasteiger partial charge in [0.15, 0.2) is 0 Å². The molecule has 1 aliphatic heterocycles. The van der Waals surface area contributed by atoms with Crippen LogP contribution in [0.2, 0.25) is 5.02 Å². The number of carbonyl (C=O) groups is 2. The van der Waals surface area contributed by atoms with Crippen LogP contribution in [0, 0.1) is 5.92 Å². The Hall–Kier alpha value is -1.64. The molecule has 0 spiro atoms. The van der Waals surface area contributed by atoms with Crippen molar-refractivity contribution in [2.24, 2.45) is 5.92 Å². The fraction of sp³-hybridized carbons (Fsp3) is 0.467. The monoisotopic (exact) mass is 373 g/mol. The minimum Gasteiger partial charge on any atom is -0.326 e. The van der Waals surface area contributed by atoms with E-state index in [-0.39, 0.29) is 17.7 Å². The average Bonchev–Trinajstić information content (AvgIpc) is 2.49. The van der Waals surface area contributed by atoms with E-state index in [0.717, 1.165) is 0 Å². The Kier molecular flexibility index (Phi) is 5.84. The van der Waals surface area contributed by atoms with E-state index < -0.39 is 10.0 Å². The summed E-state index contributed by atoms with van der Waals surface area (Å²) < 4.78 is 24.3. The SMILES string of the molecule is CC(=O)Nc1ccc(NC(=O)C2CCN(S(C)(=O)=O)CC2)cc1Cl. The third-order valence-electron chi connectivity index (χ3n) is 3.84. The summed E-state index contributed by atoms with van der Waals surface area (Å²) in [5.74, 6) is -0.630. The number of piperidine rings is 1. The van der Waals surface area contributed by atoms with Crippen molar-refractivity contribution in [1.29, 1.82) is 0 Å². The number of sulfonamides is 1. The Labute approximate surface area is 146 Å². The number of benzene rings is 1. The van der Waals surface area contributed by atoms with Gasteiger partial charge < -0.3 is 10.6 Å². The summed E-state index contributed by atoms with van der Waals surface area (Å²) in [4.78, 5) is 23.4. The van der Waals surface area contributed by atoms with Crippen molar-refractivity contribution < 1.29 is 18.0 Å². The van der Waals surface area contributed by atoms with Crippen LogP contribution in [0.3, 0.4) is 0 Å². The highest BCUT2D eigenvalue weighted by Gasteiger charge is 2.28. The van der Waals surface area contributed by atoms with Crippen LogP contribution in [0.25, 0.3) is 0 Å². The van der Waals surface area contributed by atoms with E-state index in [0.29, 0.717) is 42.3 Å². The number of nitrogens with zero attached hydrogens (tertiary/aromatic N) is 1. The smallest absolute Gasteiger partial charge is 0.227 e. The molecule has 0 atom stereocenters. The van der Waals surface area contributed by atoms with Gasteiger partial charge in [-0.3, -0.25) is 9.59 Å². The molecule has 1 saturated heterocycles. The van der Waals surface area contributed by atoms with Gasteiger partial charge in [0.05, 0.1) is 17.0 Å². The van der Waals surface area contributed by atoms with E-state index in [9.17, 15) is 18.0 Å². The highest BCUT2D eigenvalue weighted by Crippen LogP contribution is 2.27. The van der Waals surface area contributed by atoms with Crippen molar-refractivity contribution in [3.63, 3.8) is 0 Å². The molecule has 9 heteroatoms. The quantitative estimate of drug-likeness (QED) is 0.842. The molecule has 1 heterocycles. The topological polar surface area (TPSA) is 95.6 Å². The van der Waals surface area contributed by atoms with Crippen LogP contribution in [-0.4, -0.2) is 43.9 Å². The second kappa shape index (κ2) is 7.50. The predicted octanol–water partition coefficient (Wildman–Crippen LogP) is 1.91. The van der Waals surface area contributed by atoms with Crippen LogP contribution >= 0.6 is 11.6 Å². The first-order valence-corrected chi connectivity index (χ1v) is 9.72. The van der Waals surface area contributed by atoms with Crippen LogP contribution in [0.4, 0.5) is 11.4 Å². The Morgan fingerprint density at radius 1 is 1.21 bits per heavy atom. The lowest BCUT2D eigenvalue weighted by molar-refractivity contribution is -0.121. The molecule has 1 aromatic rings. The Morgan fingerprint density at radius 3 is 2.33 bits per heavy atom. The summed E-state index contributed by atoms with van der Waals surface area (Å²) in [6, 6.07) is 4.84. The second-order valence-corrected chi connectivity index (χ2v) is 8.19. The summed E-state index contributed by atoms with van der Waals surface area (Å²) in [5.41, 5.74) is 1.01. The average molecular weight is 374 g/mol. The number of rotatable bonds is 4. The van der Waals surface area contributed by atoms with E-state index in [4.69, 9.17) is 11.6 Å². The van der Waals surface area contributed by atoms with Gasteiger partial charge in [0.25, 0.3) is 0 Å². The molecule has 7 nitrogen and oxygen atoms in total. The summed E-state index contributed by atoms with van der Waals surface area (Å²) in [7, 11) is -3.20. The Balaban J connectivity index is 1.96. The molecule has 0 aliphatic carbocycles. The largest absolute Gasteiger partial charge is 0.326 e. The van der Waals surface area contributed by atoms with Gasteiger partial charge in [-0.15, -0.1) is 0 Å². The zero-order valence-corrected chi connectivity index (χ0v) is 15.1. The predicted molar refractivity (Wildman–Crippen MR) is 93.5 cm³/mol. The number of amides is 2. The fourth-order valence-electron chi connectivity index (χ4n) is 2.58. The normalized spacial score (nSPS) is 16.6. The summed E-state index contributed by atoms with van der Waals surface area (Å²) in [6.45, 7) is 2.08. The van der Waals surface area contributed by atoms with Gasteiger partial charge in [-0.05, 0) is 31.0 Å². The Morgan fingerprint density at radius 2 is 1.83 bits per heavy atom. The van der Waals surface area contributed by atoms with Crippen molar-refractivity contribution in [2.45, 2.75) is 19.8 Å². The molecule has 132 valence electrons. The lowest BCUT2D eigenvalue weighted by Gasteiger charge is -2.29. The minimum absolute atomic E-state index is 0.161. The zero-order chi connectivity index (χ0) is 17.9. The Bertz CT molecular complexity index is 743. The molecule has 2 rings (SSSR count). The number of hydrogen-bond donors (Lipinski definition) is 2. The van der Waals surface area contributed by atoms with Crippen molar-refractivity contribution in [2.75, 3.05) is 30.0 Å². The zero-order valence-electron chi connectivity index (χ0n) is 13.5. The molecular formula is C15H20ClN3O4S. The van der Waals surface area contributed by atoms with Crippen LogP contribution < -0.4 is 10.6 Å². The number of carbonyl (C=O) groups excluding carboxylic acids is 2. The third kappa shape index (κ3) is 4.93. The van der Waals surface area contributed by atoms with Gasteiger partial charge >= 0.3 is 0 Å². The van der Waals surface area contributed by atoms with Crippen molar-refractivity contribution >= 4 is 44.8 Å². The lowest BCUT2D eigenvalue weighted by atomic mass is 9.97. The van der Waals surface area contributed by atoms with Crippen LogP contribution in [0.15, 0.2) is 18.2 Å². The molecule has 2 amide bonds. The maximum absolute atomic E-state index is 12.3. The first kappa shape index (κ1) is 18.7. The molecule has 0 aromatic heterocycles. The molecule has 0 radical (unpaired) electrons. The van der Waals surface area contributed by atoms with Crippen LogP contribution in [0.5, 0.6) is 0 Å². The van der Waals surface area contributed by atoms with E-state index in [1.54, 1.807) is 18.2 Å². The molecule has 1 aliphatic rings. The maximum Gasteiger partial charge on any atom is 0.227 e. The fourth-order valence-corrected chi connectivity index (χ4v) is 3.68. The van der Waals surface area contributed by atoms with E-state index in [2.05, 4.69) is 10.6 Å². The van der Waals surface area contributed by atoms with Crippen molar-refractivity contribution in [1.82, 2.24) is 4.31 Å². The van der Waals surface area contributed by atoms with Crippen molar-refractivity contribution in [3.05, 3.63) is 23.2 Å². The van der Waals surface area contributed by atoms with E-state index in [1.807, 2.05) is 0 Å². The molecule has 0 bridgehead atoms. The van der Waals surface area contributed by atoms with Gasteiger partial charge in [0.1, 0.15) is 0 Å². The lowest BCUT2D eigenvalue weighted by Crippen LogP contribution is -2.40.